The lowest BCUT2D eigenvalue weighted by Gasteiger charge is -2.08. The van der Waals surface area contributed by atoms with Crippen molar-refractivity contribution in [3.05, 3.63) is 72.6 Å². The van der Waals surface area contributed by atoms with E-state index in [1.54, 1.807) is 18.2 Å². The van der Waals surface area contributed by atoms with Gasteiger partial charge in [-0.2, -0.15) is 0 Å². The Morgan fingerprint density at radius 2 is 1.76 bits per heavy atom. The number of nitrogens with one attached hydrogen (secondary N) is 1. The Labute approximate surface area is 166 Å². The molecule has 2 aromatic carbocycles. The van der Waals surface area contributed by atoms with E-state index >= 15 is 0 Å². The van der Waals surface area contributed by atoms with Crippen LogP contribution < -0.4 is 15.0 Å². The number of hydrogen-bond acceptors (Lipinski definition) is 6. The first-order valence-corrected chi connectivity index (χ1v) is 9.97. The van der Waals surface area contributed by atoms with Crippen LogP contribution in [0.1, 0.15) is 5.56 Å². The molecule has 2 N–H and O–H groups in total. The van der Waals surface area contributed by atoms with Gasteiger partial charge < -0.3 is 9.47 Å². The van der Waals surface area contributed by atoms with Gasteiger partial charge in [-0.1, -0.05) is 18.2 Å². The van der Waals surface area contributed by atoms with Gasteiger partial charge in [0.25, 0.3) is 15.9 Å². The fourth-order valence-corrected chi connectivity index (χ4v) is 4.07. The Bertz CT molecular complexity index is 1200. The Morgan fingerprint density at radius 3 is 2.52 bits per heavy atom. The Kier molecular flexibility index (Phi) is 4.83. The van der Waals surface area contributed by atoms with Gasteiger partial charge in [0, 0.05) is 18.5 Å². The van der Waals surface area contributed by atoms with E-state index in [1.807, 2.05) is 18.2 Å². The maximum absolute atomic E-state index is 12.8. The van der Waals surface area contributed by atoms with Crippen molar-refractivity contribution in [2.75, 3.05) is 6.79 Å². The molecule has 3 aromatic rings. The van der Waals surface area contributed by atoms with Gasteiger partial charge in [-0.25, -0.2) is 17.9 Å². The predicted octanol–water partition coefficient (Wildman–Crippen LogP) is 2.64. The fraction of sp³-hybridized carbons (Fsp3) is 0.0500. The molecule has 1 amide bonds. The zero-order valence-corrected chi connectivity index (χ0v) is 15.8. The Hall–Kier alpha value is -3.56. The minimum atomic E-state index is -3.78. The van der Waals surface area contributed by atoms with Crippen LogP contribution in [0.4, 0.5) is 0 Å². The topological polar surface area (TPSA) is 107 Å². The first-order chi connectivity index (χ1) is 14.0. The molecule has 0 spiro atoms. The second-order valence-electron chi connectivity index (χ2n) is 6.18. The lowest BCUT2D eigenvalue weighted by Crippen LogP contribution is -2.14. The summed E-state index contributed by atoms with van der Waals surface area (Å²) in [5, 5.41) is 8.48. The highest BCUT2D eigenvalue weighted by Gasteiger charge is 2.18. The van der Waals surface area contributed by atoms with Gasteiger partial charge >= 0.3 is 0 Å². The molecule has 0 bridgehead atoms. The summed E-state index contributed by atoms with van der Waals surface area (Å²) in [5.41, 5.74) is 3.68. The molecule has 1 aromatic heterocycles. The maximum atomic E-state index is 12.8. The zero-order valence-electron chi connectivity index (χ0n) is 15.0. The molecule has 2 heterocycles. The van der Waals surface area contributed by atoms with Gasteiger partial charge in [-0.3, -0.25) is 10.0 Å². The van der Waals surface area contributed by atoms with Crippen molar-refractivity contribution in [1.82, 2.24) is 9.45 Å². The van der Waals surface area contributed by atoms with Crippen molar-refractivity contribution in [2.45, 2.75) is 4.90 Å². The van der Waals surface area contributed by atoms with Gasteiger partial charge in [-0.05, 0) is 53.1 Å². The second kappa shape index (κ2) is 7.46. The number of aromatic nitrogens is 1. The molecular formula is C20H16N2O6S. The second-order valence-corrected chi connectivity index (χ2v) is 8.02. The Morgan fingerprint density at radius 1 is 1.03 bits per heavy atom. The smallest absolute Gasteiger partial charge is 0.267 e. The highest BCUT2D eigenvalue weighted by Crippen LogP contribution is 2.36. The van der Waals surface area contributed by atoms with Gasteiger partial charge in [0.1, 0.15) is 0 Å². The SMILES string of the molecule is O=C(/C=C/c1ccn(S(=O)(=O)c2ccc(-c3ccc4c(c3)OCO4)cc2)c1)NO. The number of carbonyl (C=O) groups excluding carboxylic acids is 1. The zero-order chi connectivity index (χ0) is 20.4. The lowest BCUT2D eigenvalue weighted by atomic mass is 10.1. The van der Waals surface area contributed by atoms with E-state index in [0.29, 0.717) is 17.1 Å². The van der Waals surface area contributed by atoms with Crippen LogP contribution in [-0.2, 0) is 14.8 Å². The van der Waals surface area contributed by atoms with Crippen molar-refractivity contribution < 1.29 is 27.9 Å². The molecule has 0 saturated heterocycles. The van der Waals surface area contributed by atoms with Crippen LogP contribution in [0.3, 0.4) is 0 Å². The van der Waals surface area contributed by atoms with Crippen molar-refractivity contribution in [2.24, 2.45) is 0 Å². The summed E-state index contributed by atoms with van der Waals surface area (Å²) in [6.07, 6.45) is 5.24. The summed E-state index contributed by atoms with van der Waals surface area (Å²) in [6.45, 7) is 0.189. The number of ether oxygens (including phenoxy) is 2. The number of benzene rings is 2. The van der Waals surface area contributed by atoms with Crippen LogP contribution in [0, 0.1) is 0 Å². The quantitative estimate of drug-likeness (QED) is 0.379. The molecule has 0 unspecified atom stereocenters. The molecular weight excluding hydrogens is 396 g/mol. The summed E-state index contributed by atoms with van der Waals surface area (Å²) in [7, 11) is -3.78. The third kappa shape index (κ3) is 3.73. The molecule has 0 aliphatic carbocycles. The van der Waals surface area contributed by atoms with Crippen molar-refractivity contribution in [3.63, 3.8) is 0 Å². The summed E-state index contributed by atoms with van der Waals surface area (Å²) in [4.78, 5) is 11.2. The standard InChI is InChI=1S/C20H16N2O6S/c23-20(21-24)8-1-14-9-10-22(12-14)29(25,26)17-5-2-15(3-6-17)16-4-7-18-19(11-16)28-13-27-18/h1-12,24H,13H2,(H,21,23)/b8-1+. The Balaban J connectivity index is 1.57. The van der Waals surface area contributed by atoms with Gasteiger partial charge in [0.05, 0.1) is 4.90 Å². The van der Waals surface area contributed by atoms with Crippen LogP contribution in [0.2, 0.25) is 0 Å². The normalized spacial score (nSPS) is 13.0. The monoisotopic (exact) mass is 412 g/mol. The molecule has 9 heteroatoms. The fourth-order valence-electron chi connectivity index (χ4n) is 2.87. The highest BCUT2D eigenvalue weighted by atomic mass is 32.2. The molecule has 1 aliphatic rings. The number of hydrogen-bond donors (Lipinski definition) is 2. The lowest BCUT2D eigenvalue weighted by molar-refractivity contribution is -0.124. The van der Waals surface area contributed by atoms with E-state index < -0.39 is 15.9 Å². The maximum Gasteiger partial charge on any atom is 0.267 e. The molecule has 1 aliphatic heterocycles. The largest absolute Gasteiger partial charge is 0.454 e. The summed E-state index contributed by atoms with van der Waals surface area (Å²) in [5.74, 6) is 0.628. The van der Waals surface area contributed by atoms with Crippen molar-refractivity contribution in [3.8, 4) is 22.6 Å². The minimum Gasteiger partial charge on any atom is -0.454 e. The first-order valence-electron chi connectivity index (χ1n) is 8.53. The van der Waals surface area contributed by atoms with E-state index in [0.717, 1.165) is 21.2 Å². The molecule has 0 radical (unpaired) electrons. The number of amides is 1. The molecule has 0 saturated carbocycles. The number of hydroxylamine groups is 1. The van der Waals surface area contributed by atoms with Gasteiger partial charge in [0.2, 0.25) is 6.79 Å². The number of carbonyl (C=O) groups is 1. The number of rotatable bonds is 5. The molecule has 4 rings (SSSR count). The van der Waals surface area contributed by atoms with Crippen molar-refractivity contribution >= 4 is 22.0 Å². The van der Waals surface area contributed by atoms with Crippen LogP contribution in [0.25, 0.3) is 17.2 Å². The van der Waals surface area contributed by atoms with E-state index in [9.17, 15) is 13.2 Å². The van der Waals surface area contributed by atoms with Crippen LogP contribution in [0.5, 0.6) is 11.5 Å². The van der Waals surface area contributed by atoms with Gasteiger partial charge in [-0.15, -0.1) is 0 Å². The first kappa shape index (κ1) is 18.8. The molecule has 0 fully saturated rings. The van der Waals surface area contributed by atoms with Gasteiger partial charge in [0.15, 0.2) is 11.5 Å². The van der Waals surface area contributed by atoms with E-state index in [2.05, 4.69) is 0 Å². The molecule has 8 nitrogen and oxygen atoms in total. The summed E-state index contributed by atoms with van der Waals surface area (Å²) in [6, 6.07) is 13.6. The van der Waals surface area contributed by atoms with E-state index in [4.69, 9.17) is 14.7 Å². The number of fused-ring (bicyclic) bond motifs is 1. The van der Waals surface area contributed by atoms with Crippen LogP contribution >= 0.6 is 0 Å². The minimum absolute atomic E-state index is 0.126. The average Bonchev–Trinajstić information content (AvgIpc) is 3.41. The highest BCUT2D eigenvalue weighted by molar-refractivity contribution is 7.90. The molecule has 148 valence electrons. The molecule has 0 atom stereocenters. The van der Waals surface area contributed by atoms with E-state index in [1.165, 1.54) is 36.1 Å². The van der Waals surface area contributed by atoms with Crippen LogP contribution in [-0.4, -0.2) is 30.3 Å². The molecule has 29 heavy (non-hydrogen) atoms. The third-order valence-electron chi connectivity index (χ3n) is 4.36. The van der Waals surface area contributed by atoms with E-state index in [-0.39, 0.29) is 11.7 Å². The van der Waals surface area contributed by atoms with Crippen LogP contribution in [0.15, 0.2) is 71.9 Å². The third-order valence-corrected chi connectivity index (χ3v) is 6.01. The summed E-state index contributed by atoms with van der Waals surface area (Å²) >= 11 is 0. The number of nitrogens with zero attached hydrogens (tertiary/aromatic N) is 1. The van der Waals surface area contributed by atoms with Crippen molar-refractivity contribution in [1.29, 1.82) is 0 Å². The summed E-state index contributed by atoms with van der Waals surface area (Å²) < 4.78 is 37.4. The predicted molar refractivity (Wildman–Crippen MR) is 104 cm³/mol. The average molecular weight is 412 g/mol.